The number of pyridine rings is 1. The molecule has 3 rings (SSSR count). The highest BCUT2D eigenvalue weighted by molar-refractivity contribution is 7.91. The smallest absolute Gasteiger partial charge is 0.256 e. The Balaban J connectivity index is 1.91. The lowest BCUT2D eigenvalue weighted by molar-refractivity contribution is 0.102. The van der Waals surface area contributed by atoms with E-state index in [1.54, 1.807) is 25.1 Å². The molecular formula is C19H18N2O3S. The number of carbonyl (C=O) groups excluding carboxylic acids is 1. The highest BCUT2D eigenvalue weighted by Crippen LogP contribution is 2.21. The second-order valence-electron chi connectivity index (χ2n) is 5.71. The molecule has 1 aromatic heterocycles. The van der Waals surface area contributed by atoms with Crippen LogP contribution in [0.4, 0.5) is 5.69 Å². The number of nitrogens with zero attached hydrogens (tertiary/aromatic N) is 1. The molecule has 0 bridgehead atoms. The topological polar surface area (TPSA) is 76.1 Å². The number of para-hydroxylation sites is 1. The van der Waals surface area contributed by atoms with E-state index in [1.807, 2.05) is 31.2 Å². The van der Waals surface area contributed by atoms with Gasteiger partial charge in [0.1, 0.15) is 0 Å². The molecule has 0 aliphatic carbocycles. The Kier molecular flexibility index (Phi) is 4.55. The molecule has 2 aromatic carbocycles. The molecule has 0 atom stereocenters. The first-order chi connectivity index (χ1) is 11.9. The third kappa shape index (κ3) is 3.53. The maximum atomic E-state index is 12.7. The maximum Gasteiger partial charge on any atom is 0.256 e. The number of carbonyl (C=O) groups is 1. The van der Waals surface area contributed by atoms with Crippen LogP contribution in [0, 0.1) is 6.92 Å². The van der Waals surface area contributed by atoms with Crippen LogP contribution in [0.2, 0.25) is 0 Å². The van der Waals surface area contributed by atoms with Crippen molar-refractivity contribution in [3.63, 3.8) is 0 Å². The SMILES string of the molecule is CCS(=O)(=O)c1ccc(NC(=O)c2cc(C)nc3ccccc23)cc1. The monoisotopic (exact) mass is 354 g/mol. The molecule has 0 spiro atoms. The summed E-state index contributed by atoms with van der Waals surface area (Å²) in [6.45, 7) is 3.44. The van der Waals surface area contributed by atoms with Crippen LogP contribution in [-0.2, 0) is 9.84 Å². The Morgan fingerprint density at radius 3 is 2.44 bits per heavy atom. The van der Waals surface area contributed by atoms with Crippen molar-refractivity contribution in [2.45, 2.75) is 18.7 Å². The summed E-state index contributed by atoms with van der Waals surface area (Å²) in [5.74, 6) is -0.214. The van der Waals surface area contributed by atoms with E-state index in [0.29, 0.717) is 11.3 Å². The quantitative estimate of drug-likeness (QED) is 0.777. The normalized spacial score (nSPS) is 11.4. The standard InChI is InChI=1S/C19H18N2O3S/c1-3-25(23,24)15-10-8-14(9-11-15)21-19(22)17-12-13(2)20-18-7-5-4-6-16(17)18/h4-12H,3H2,1-2H3,(H,21,22). The van der Waals surface area contributed by atoms with Crippen LogP contribution in [0.5, 0.6) is 0 Å². The van der Waals surface area contributed by atoms with Gasteiger partial charge in [-0.2, -0.15) is 0 Å². The van der Waals surface area contributed by atoms with Gasteiger partial charge in [0.2, 0.25) is 0 Å². The lowest BCUT2D eigenvalue weighted by Gasteiger charge is -2.10. The molecule has 0 radical (unpaired) electrons. The molecule has 5 nitrogen and oxygen atoms in total. The van der Waals surface area contributed by atoms with Gasteiger partial charge in [0, 0.05) is 16.8 Å². The summed E-state index contributed by atoms with van der Waals surface area (Å²) in [6, 6.07) is 15.4. The summed E-state index contributed by atoms with van der Waals surface area (Å²) in [5, 5.41) is 3.59. The molecule has 0 saturated carbocycles. The van der Waals surface area contributed by atoms with Crippen molar-refractivity contribution >= 4 is 32.3 Å². The minimum absolute atomic E-state index is 0.0426. The zero-order chi connectivity index (χ0) is 18.0. The number of nitrogens with one attached hydrogen (secondary N) is 1. The minimum atomic E-state index is -3.25. The summed E-state index contributed by atoms with van der Waals surface area (Å²) in [4.78, 5) is 17.3. The molecule has 128 valence electrons. The van der Waals surface area contributed by atoms with E-state index in [4.69, 9.17) is 0 Å². The molecule has 3 aromatic rings. The zero-order valence-corrected chi connectivity index (χ0v) is 14.8. The fourth-order valence-electron chi connectivity index (χ4n) is 2.61. The lowest BCUT2D eigenvalue weighted by Crippen LogP contribution is -2.13. The van der Waals surface area contributed by atoms with Crippen molar-refractivity contribution < 1.29 is 13.2 Å². The molecule has 25 heavy (non-hydrogen) atoms. The first-order valence-corrected chi connectivity index (χ1v) is 9.56. The Hall–Kier alpha value is -2.73. The Morgan fingerprint density at radius 1 is 1.08 bits per heavy atom. The first kappa shape index (κ1) is 17.1. The van der Waals surface area contributed by atoms with Crippen molar-refractivity contribution in [1.82, 2.24) is 4.98 Å². The third-order valence-electron chi connectivity index (χ3n) is 3.94. The second kappa shape index (κ2) is 6.64. The van der Waals surface area contributed by atoms with E-state index in [0.717, 1.165) is 16.6 Å². The Morgan fingerprint density at radius 2 is 1.76 bits per heavy atom. The number of sulfone groups is 1. The number of aryl methyl sites for hydroxylation is 1. The van der Waals surface area contributed by atoms with Crippen LogP contribution in [0.1, 0.15) is 23.0 Å². The van der Waals surface area contributed by atoms with Gasteiger partial charge in [-0.1, -0.05) is 25.1 Å². The van der Waals surface area contributed by atoms with E-state index in [2.05, 4.69) is 10.3 Å². The fraction of sp³-hybridized carbons (Fsp3) is 0.158. The molecule has 0 unspecified atom stereocenters. The van der Waals surface area contributed by atoms with Crippen LogP contribution < -0.4 is 5.32 Å². The molecule has 0 fully saturated rings. The molecular weight excluding hydrogens is 336 g/mol. The molecule has 1 heterocycles. The van der Waals surface area contributed by atoms with Gasteiger partial charge in [0.15, 0.2) is 9.84 Å². The predicted octanol–water partition coefficient (Wildman–Crippen LogP) is 3.59. The summed E-state index contributed by atoms with van der Waals surface area (Å²) in [6.07, 6.45) is 0. The number of benzene rings is 2. The number of hydrogen-bond acceptors (Lipinski definition) is 4. The average molecular weight is 354 g/mol. The van der Waals surface area contributed by atoms with Gasteiger partial charge in [0.25, 0.3) is 5.91 Å². The predicted molar refractivity (Wildman–Crippen MR) is 98.6 cm³/mol. The average Bonchev–Trinajstić information content (AvgIpc) is 2.61. The third-order valence-corrected chi connectivity index (χ3v) is 5.69. The number of amides is 1. The van der Waals surface area contributed by atoms with E-state index in [1.165, 1.54) is 12.1 Å². The summed E-state index contributed by atoms with van der Waals surface area (Å²) in [7, 11) is -3.25. The minimum Gasteiger partial charge on any atom is -0.322 e. The fourth-order valence-corrected chi connectivity index (χ4v) is 3.49. The van der Waals surface area contributed by atoms with Gasteiger partial charge in [-0.3, -0.25) is 9.78 Å². The van der Waals surface area contributed by atoms with Crippen LogP contribution >= 0.6 is 0 Å². The van der Waals surface area contributed by atoms with Crippen molar-refractivity contribution in [2.24, 2.45) is 0 Å². The van der Waals surface area contributed by atoms with Crippen molar-refractivity contribution in [2.75, 3.05) is 11.1 Å². The number of hydrogen-bond donors (Lipinski definition) is 1. The maximum absolute atomic E-state index is 12.7. The van der Waals surface area contributed by atoms with Gasteiger partial charge in [-0.25, -0.2) is 8.42 Å². The van der Waals surface area contributed by atoms with E-state index in [9.17, 15) is 13.2 Å². The number of fused-ring (bicyclic) bond motifs is 1. The van der Waals surface area contributed by atoms with Gasteiger partial charge in [-0.15, -0.1) is 0 Å². The van der Waals surface area contributed by atoms with Crippen LogP contribution in [0.15, 0.2) is 59.5 Å². The number of aromatic nitrogens is 1. The summed E-state index contributed by atoms with van der Waals surface area (Å²) < 4.78 is 23.7. The van der Waals surface area contributed by atoms with Crippen LogP contribution in [-0.4, -0.2) is 25.1 Å². The Bertz CT molecular complexity index is 1040. The van der Waals surface area contributed by atoms with E-state index >= 15 is 0 Å². The first-order valence-electron chi connectivity index (χ1n) is 7.91. The van der Waals surface area contributed by atoms with Gasteiger partial charge >= 0.3 is 0 Å². The van der Waals surface area contributed by atoms with Gasteiger partial charge in [0.05, 0.1) is 21.7 Å². The number of anilines is 1. The highest BCUT2D eigenvalue weighted by atomic mass is 32.2. The zero-order valence-electron chi connectivity index (χ0n) is 14.0. The van der Waals surface area contributed by atoms with E-state index < -0.39 is 9.84 Å². The van der Waals surface area contributed by atoms with E-state index in [-0.39, 0.29) is 16.6 Å². The van der Waals surface area contributed by atoms with Crippen LogP contribution in [0.25, 0.3) is 10.9 Å². The lowest BCUT2D eigenvalue weighted by atomic mass is 10.1. The molecule has 1 N–H and O–H groups in total. The molecule has 1 amide bonds. The largest absolute Gasteiger partial charge is 0.322 e. The molecule has 0 saturated heterocycles. The van der Waals surface area contributed by atoms with Crippen molar-refractivity contribution in [3.05, 3.63) is 65.9 Å². The Labute approximate surface area is 146 Å². The highest BCUT2D eigenvalue weighted by Gasteiger charge is 2.14. The van der Waals surface area contributed by atoms with Gasteiger partial charge < -0.3 is 5.32 Å². The van der Waals surface area contributed by atoms with Gasteiger partial charge in [-0.05, 0) is 43.3 Å². The molecule has 0 aliphatic heterocycles. The van der Waals surface area contributed by atoms with Crippen LogP contribution in [0.3, 0.4) is 0 Å². The number of rotatable bonds is 4. The summed E-state index contributed by atoms with van der Waals surface area (Å²) >= 11 is 0. The second-order valence-corrected chi connectivity index (χ2v) is 7.99. The molecule has 0 aliphatic rings. The summed E-state index contributed by atoms with van der Waals surface area (Å²) in [5.41, 5.74) is 2.59. The van der Waals surface area contributed by atoms with Crippen molar-refractivity contribution in [3.8, 4) is 0 Å². The van der Waals surface area contributed by atoms with Crippen molar-refractivity contribution in [1.29, 1.82) is 0 Å². The molecule has 6 heteroatoms.